The molecule has 0 aromatic heterocycles. The van der Waals surface area contributed by atoms with Gasteiger partial charge >= 0.3 is 0 Å². The number of rotatable bonds is 2. The first-order valence-electron chi connectivity index (χ1n) is 5.90. The quantitative estimate of drug-likeness (QED) is 0.758. The number of aliphatic hydroxyl groups is 1. The smallest absolute Gasteiger partial charge is 0.0978 e. The number of β-amino-alcohol motifs (C(OH)–C–C–N with tert-alkyl or cyclic N) is 1. The molecule has 1 N–H and O–H groups in total. The lowest BCUT2D eigenvalue weighted by Crippen LogP contribution is -2.45. The van der Waals surface area contributed by atoms with Gasteiger partial charge in [0.05, 0.1) is 18.3 Å². The summed E-state index contributed by atoms with van der Waals surface area (Å²) in [6, 6.07) is 0.458. The largest absolute Gasteiger partial charge is 0.386 e. The highest BCUT2D eigenvalue weighted by Gasteiger charge is 2.33. The van der Waals surface area contributed by atoms with Crippen LogP contribution < -0.4 is 0 Å². The molecule has 0 radical (unpaired) electrons. The molecule has 0 amide bonds. The predicted molar refractivity (Wildman–Crippen MR) is 61.9 cm³/mol. The summed E-state index contributed by atoms with van der Waals surface area (Å²) in [6.07, 6.45) is 0.237. The third-order valence-corrected chi connectivity index (χ3v) is 3.04. The van der Waals surface area contributed by atoms with Crippen LogP contribution >= 0.6 is 0 Å². The number of hydrogen-bond donors (Lipinski definition) is 1. The summed E-state index contributed by atoms with van der Waals surface area (Å²) in [5, 5.41) is 10.1. The van der Waals surface area contributed by atoms with Crippen LogP contribution in [0.4, 0.5) is 0 Å². The summed E-state index contributed by atoms with van der Waals surface area (Å²) in [7, 11) is 0. The molecule has 1 saturated heterocycles. The second-order valence-electron chi connectivity index (χ2n) is 5.61. The van der Waals surface area contributed by atoms with Crippen molar-refractivity contribution in [2.75, 3.05) is 19.7 Å². The van der Waals surface area contributed by atoms with Crippen molar-refractivity contribution in [3.05, 3.63) is 0 Å². The summed E-state index contributed by atoms with van der Waals surface area (Å²) < 4.78 is 5.77. The normalized spacial score (nSPS) is 34.8. The molecule has 2 atom stereocenters. The Labute approximate surface area is 93.4 Å². The van der Waals surface area contributed by atoms with Crippen molar-refractivity contribution in [2.45, 2.75) is 52.4 Å². The minimum Gasteiger partial charge on any atom is -0.386 e. The van der Waals surface area contributed by atoms with Crippen molar-refractivity contribution >= 4 is 0 Å². The molecule has 0 bridgehead atoms. The van der Waals surface area contributed by atoms with Gasteiger partial charge in [-0.15, -0.1) is 0 Å². The van der Waals surface area contributed by atoms with Gasteiger partial charge in [-0.25, -0.2) is 0 Å². The predicted octanol–water partition coefficient (Wildman–Crippen LogP) is 1.50. The van der Waals surface area contributed by atoms with Crippen molar-refractivity contribution in [3.63, 3.8) is 0 Å². The molecule has 0 spiro atoms. The van der Waals surface area contributed by atoms with E-state index >= 15 is 0 Å². The molecule has 90 valence electrons. The van der Waals surface area contributed by atoms with E-state index in [4.69, 9.17) is 4.74 Å². The maximum Gasteiger partial charge on any atom is 0.0978 e. The van der Waals surface area contributed by atoms with Crippen molar-refractivity contribution in [1.29, 1.82) is 0 Å². The summed E-state index contributed by atoms with van der Waals surface area (Å²) in [6.45, 7) is 12.6. The molecule has 1 rings (SSSR count). The highest BCUT2D eigenvalue weighted by atomic mass is 16.5. The SMILES string of the molecule is CC(C)[C@H]1CN(C(C)C)C[C@](C)(O)CO1. The summed E-state index contributed by atoms with van der Waals surface area (Å²) in [5.74, 6) is 0.500. The first kappa shape index (κ1) is 12.9. The van der Waals surface area contributed by atoms with Crippen LogP contribution in [0.2, 0.25) is 0 Å². The summed E-state index contributed by atoms with van der Waals surface area (Å²) in [4.78, 5) is 2.30. The van der Waals surface area contributed by atoms with Crippen LogP contribution in [0.1, 0.15) is 34.6 Å². The second-order valence-corrected chi connectivity index (χ2v) is 5.61. The lowest BCUT2D eigenvalue weighted by Gasteiger charge is -2.31. The first-order chi connectivity index (χ1) is 6.82. The molecule has 1 fully saturated rings. The van der Waals surface area contributed by atoms with Crippen LogP contribution in [0, 0.1) is 5.92 Å². The van der Waals surface area contributed by atoms with Gasteiger partial charge in [0.15, 0.2) is 0 Å². The maximum absolute atomic E-state index is 10.1. The van der Waals surface area contributed by atoms with Crippen molar-refractivity contribution in [1.82, 2.24) is 4.90 Å². The summed E-state index contributed by atoms with van der Waals surface area (Å²) in [5.41, 5.74) is -0.714. The molecule has 0 saturated carbocycles. The Balaban J connectivity index is 2.71. The van der Waals surface area contributed by atoms with Gasteiger partial charge in [-0.2, -0.15) is 0 Å². The van der Waals surface area contributed by atoms with Gasteiger partial charge in [-0.1, -0.05) is 13.8 Å². The fourth-order valence-corrected chi connectivity index (χ4v) is 1.91. The van der Waals surface area contributed by atoms with E-state index in [0.29, 0.717) is 25.1 Å². The Bertz CT molecular complexity index is 202. The molecular weight excluding hydrogens is 190 g/mol. The van der Waals surface area contributed by atoms with Crippen LogP contribution in [0.15, 0.2) is 0 Å². The van der Waals surface area contributed by atoms with Crippen LogP contribution in [0.3, 0.4) is 0 Å². The van der Waals surface area contributed by atoms with E-state index in [1.54, 1.807) is 0 Å². The molecule has 3 nitrogen and oxygen atoms in total. The standard InChI is InChI=1S/C12H25NO2/c1-9(2)11-6-13(10(3)4)7-12(5,14)8-15-11/h9-11,14H,6-8H2,1-5H3/t11-,12+/m1/s1. The molecule has 0 aliphatic carbocycles. The van der Waals surface area contributed by atoms with Gasteiger partial charge < -0.3 is 9.84 Å². The number of ether oxygens (including phenoxy) is 1. The molecule has 0 unspecified atom stereocenters. The molecule has 1 aliphatic heterocycles. The second kappa shape index (κ2) is 4.81. The highest BCUT2D eigenvalue weighted by Crippen LogP contribution is 2.20. The topological polar surface area (TPSA) is 32.7 Å². The van der Waals surface area contributed by atoms with E-state index in [1.807, 2.05) is 6.92 Å². The fraction of sp³-hybridized carbons (Fsp3) is 1.00. The van der Waals surface area contributed by atoms with E-state index < -0.39 is 5.60 Å². The zero-order chi connectivity index (χ0) is 11.6. The average molecular weight is 215 g/mol. The summed E-state index contributed by atoms with van der Waals surface area (Å²) >= 11 is 0. The van der Waals surface area contributed by atoms with Crippen LogP contribution in [0.5, 0.6) is 0 Å². The monoisotopic (exact) mass is 215 g/mol. The Morgan fingerprint density at radius 2 is 1.93 bits per heavy atom. The van der Waals surface area contributed by atoms with Gasteiger partial charge in [-0.3, -0.25) is 4.90 Å². The molecule has 1 heterocycles. The van der Waals surface area contributed by atoms with Gasteiger partial charge in [-0.05, 0) is 26.7 Å². The molecule has 1 aliphatic rings. The van der Waals surface area contributed by atoms with Gasteiger partial charge in [0, 0.05) is 19.1 Å². The van der Waals surface area contributed by atoms with Crippen LogP contribution in [-0.2, 0) is 4.74 Å². The Kier molecular flexibility index (Phi) is 4.15. The number of hydrogen-bond acceptors (Lipinski definition) is 3. The minimum absolute atomic E-state index is 0.237. The maximum atomic E-state index is 10.1. The minimum atomic E-state index is -0.714. The highest BCUT2D eigenvalue weighted by molar-refractivity contribution is 4.85. The zero-order valence-corrected chi connectivity index (χ0v) is 10.7. The Morgan fingerprint density at radius 3 is 2.40 bits per heavy atom. The molecule has 0 aromatic rings. The Morgan fingerprint density at radius 1 is 1.33 bits per heavy atom. The third kappa shape index (κ3) is 3.74. The van der Waals surface area contributed by atoms with Crippen molar-refractivity contribution in [2.24, 2.45) is 5.92 Å². The van der Waals surface area contributed by atoms with Crippen molar-refractivity contribution in [3.8, 4) is 0 Å². The fourth-order valence-electron chi connectivity index (χ4n) is 1.91. The molecule has 3 heteroatoms. The van der Waals surface area contributed by atoms with E-state index in [-0.39, 0.29) is 6.10 Å². The van der Waals surface area contributed by atoms with E-state index in [2.05, 4.69) is 32.6 Å². The van der Waals surface area contributed by atoms with Gasteiger partial charge in [0.25, 0.3) is 0 Å². The number of nitrogens with zero attached hydrogens (tertiary/aromatic N) is 1. The molecular formula is C12H25NO2. The molecule has 15 heavy (non-hydrogen) atoms. The Hall–Kier alpha value is -0.120. The van der Waals surface area contributed by atoms with Gasteiger partial charge in [0.1, 0.15) is 0 Å². The van der Waals surface area contributed by atoms with Crippen molar-refractivity contribution < 1.29 is 9.84 Å². The van der Waals surface area contributed by atoms with Crippen LogP contribution in [0.25, 0.3) is 0 Å². The average Bonchev–Trinajstić information content (AvgIpc) is 2.23. The molecule has 0 aromatic carbocycles. The van der Waals surface area contributed by atoms with E-state index in [9.17, 15) is 5.11 Å². The lowest BCUT2D eigenvalue weighted by molar-refractivity contribution is -0.0526. The van der Waals surface area contributed by atoms with Crippen LogP contribution in [-0.4, -0.2) is 47.4 Å². The first-order valence-corrected chi connectivity index (χ1v) is 5.90. The lowest BCUT2D eigenvalue weighted by atomic mass is 10.1. The van der Waals surface area contributed by atoms with E-state index in [1.165, 1.54) is 0 Å². The van der Waals surface area contributed by atoms with E-state index in [0.717, 1.165) is 6.54 Å². The van der Waals surface area contributed by atoms with Gasteiger partial charge in [0.2, 0.25) is 0 Å². The third-order valence-electron chi connectivity index (χ3n) is 3.04. The zero-order valence-electron chi connectivity index (χ0n) is 10.7.